The molecule has 0 spiro atoms. The third kappa shape index (κ3) is 59.5. The summed E-state index contributed by atoms with van der Waals surface area (Å²) in [5.74, 6) is -0.930. The summed E-state index contributed by atoms with van der Waals surface area (Å²) in [6.07, 6.45) is 81.6. The van der Waals surface area contributed by atoms with Crippen LogP contribution < -0.4 is 0 Å². The van der Waals surface area contributed by atoms with Gasteiger partial charge in [-0.15, -0.1) is 0 Å². The van der Waals surface area contributed by atoms with E-state index in [0.717, 1.165) is 89.9 Å². The highest BCUT2D eigenvalue weighted by Crippen LogP contribution is 2.16. The maximum atomic E-state index is 12.9. The highest BCUT2D eigenvalue weighted by atomic mass is 16.6. The fourth-order valence-electron chi connectivity index (χ4n) is 8.87. The van der Waals surface area contributed by atoms with Gasteiger partial charge in [0.2, 0.25) is 0 Å². The summed E-state index contributed by atoms with van der Waals surface area (Å²) in [6, 6.07) is 0. The molecule has 0 rings (SSSR count). The van der Waals surface area contributed by atoms with E-state index in [1.807, 2.05) is 0 Å². The van der Waals surface area contributed by atoms with Crippen LogP contribution in [0.15, 0.2) is 85.1 Å². The summed E-state index contributed by atoms with van der Waals surface area (Å²) in [5.41, 5.74) is 0. The Morgan fingerprint density at radius 3 is 0.865 bits per heavy atom. The fourth-order valence-corrected chi connectivity index (χ4v) is 8.87. The molecule has 74 heavy (non-hydrogen) atoms. The molecule has 426 valence electrons. The summed E-state index contributed by atoms with van der Waals surface area (Å²) < 4.78 is 16.9. The van der Waals surface area contributed by atoms with Crippen molar-refractivity contribution in [3.05, 3.63) is 85.1 Å². The maximum absolute atomic E-state index is 12.9. The molecule has 0 bridgehead atoms. The minimum Gasteiger partial charge on any atom is -0.462 e. The number of rotatable bonds is 57. The van der Waals surface area contributed by atoms with Crippen LogP contribution >= 0.6 is 0 Å². The van der Waals surface area contributed by atoms with Gasteiger partial charge in [0, 0.05) is 19.3 Å². The highest BCUT2D eigenvalue weighted by Gasteiger charge is 2.19. The van der Waals surface area contributed by atoms with Gasteiger partial charge in [0.25, 0.3) is 0 Å². The van der Waals surface area contributed by atoms with Crippen molar-refractivity contribution in [2.45, 2.75) is 316 Å². The van der Waals surface area contributed by atoms with E-state index in [0.29, 0.717) is 19.3 Å². The Morgan fingerprint density at radius 2 is 0.527 bits per heavy atom. The van der Waals surface area contributed by atoms with Gasteiger partial charge in [-0.25, -0.2) is 0 Å². The van der Waals surface area contributed by atoms with Crippen LogP contribution in [-0.2, 0) is 28.6 Å². The molecule has 6 nitrogen and oxygen atoms in total. The van der Waals surface area contributed by atoms with Gasteiger partial charge in [-0.3, -0.25) is 14.4 Å². The van der Waals surface area contributed by atoms with E-state index in [-0.39, 0.29) is 31.1 Å². The zero-order valence-corrected chi connectivity index (χ0v) is 48.8. The van der Waals surface area contributed by atoms with Crippen LogP contribution in [0.5, 0.6) is 0 Å². The highest BCUT2D eigenvalue weighted by molar-refractivity contribution is 5.71. The Kier molecular flexibility index (Phi) is 59.3. The van der Waals surface area contributed by atoms with Gasteiger partial charge in [-0.1, -0.05) is 260 Å². The summed E-state index contributed by atoms with van der Waals surface area (Å²) in [6.45, 7) is 6.50. The van der Waals surface area contributed by atoms with E-state index in [1.54, 1.807) is 0 Å². The number of ether oxygens (including phenoxy) is 3. The summed E-state index contributed by atoms with van der Waals surface area (Å²) in [7, 11) is 0. The Morgan fingerprint density at radius 1 is 0.284 bits per heavy atom. The third-order valence-corrected chi connectivity index (χ3v) is 13.6. The van der Waals surface area contributed by atoms with E-state index in [1.165, 1.54) is 180 Å². The topological polar surface area (TPSA) is 78.9 Å². The van der Waals surface area contributed by atoms with Gasteiger partial charge in [-0.05, 0) is 116 Å². The van der Waals surface area contributed by atoms with Gasteiger partial charge in [0.15, 0.2) is 6.10 Å². The molecule has 0 fully saturated rings. The molecule has 0 aliphatic carbocycles. The second-order valence-electron chi connectivity index (χ2n) is 20.9. The smallest absolute Gasteiger partial charge is 0.306 e. The number of esters is 3. The van der Waals surface area contributed by atoms with Crippen molar-refractivity contribution in [2.24, 2.45) is 0 Å². The molecule has 0 saturated heterocycles. The second kappa shape index (κ2) is 62.1. The van der Waals surface area contributed by atoms with Crippen molar-refractivity contribution >= 4 is 17.9 Å². The average molecular weight is 1030 g/mol. The molecule has 0 aromatic carbocycles. The van der Waals surface area contributed by atoms with E-state index in [2.05, 4.69) is 106 Å². The second-order valence-corrected chi connectivity index (χ2v) is 20.9. The molecule has 0 aliphatic heterocycles. The van der Waals surface area contributed by atoms with Crippen LogP contribution in [0.4, 0.5) is 0 Å². The predicted molar refractivity (Wildman–Crippen MR) is 321 cm³/mol. The lowest BCUT2D eigenvalue weighted by molar-refractivity contribution is -0.167. The molecular weight excluding hydrogens is 913 g/mol. The molecule has 0 aromatic rings. The van der Waals surface area contributed by atoms with Crippen LogP contribution in [0.1, 0.15) is 310 Å². The number of allylic oxidation sites excluding steroid dienone is 14. The predicted octanol–water partition coefficient (Wildman–Crippen LogP) is 21.5. The fraction of sp³-hybridized carbons (Fsp3) is 0.750. The van der Waals surface area contributed by atoms with Crippen molar-refractivity contribution in [1.82, 2.24) is 0 Å². The van der Waals surface area contributed by atoms with E-state index >= 15 is 0 Å². The summed E-state index contributed by atoms with van der Waals surface area (Å²) in [4.78, 5) is 38.3. The molecule has 0 saturated carbocycles. The largest absolute Gasteiger partial charge is 0.462 e. The first kappa shape index (κ1) is 70.6. The van der Waals surface area contributed by atoms with Crippen LogP contribution in [0.25, 0.3) is 0 Å². The molecule has 0 aromatic heterocycles. The standard InChI is InChI=1S/C68H118O6/c1-4-7-10-13-16-19-22-25-28-30-32-33-34-35-36-38-40-43-46-49-52-55-58-61-67(70)73-64-65(63-72-66(69)60-57-54-51-48-45-42-39-27-24-21-18-15-12-9-6-3)74-68(71)62-59-56-53-50-47-44-41-37-31-29-26-23-20-17-14-11-8-5-2/h9,12,18,21-22,25,27,29-32,39,45,48,65H,4-8,10-11,13-17,19-20,23-24,26,28,33-38,40-44,46-47,49-64H2,1-3H3/b12-9-,21-18-,25-22-,31-29-,32-30-,39-27-,48-45-. The molecule has 1 unspecified atom stereocenters. The van der Waals surface area contributed by atoms with Crippen molar-refractivity contribution in [1.29, 1.82) is 0 Å². The minimum absolute atomic E-state index is 0.0916. The lowest BCUT2D eigenvalue weighted by atomic mass is 10.0. The monoisotopic (exact) mass is 1030 g/mol. The Bertz CT molecular complexity index is 1420. The van der Waals surface area contributed by atoms with Gasteiger partial charge in [0.1, 0.15) is 13.2 Å². The molecule has 0 heterocycles. The van der Waals surface area contributed by atoms with Crippen molar-refractivity contribution in [3.8, 4) is 0 Å². The third-order valence-electron chi connectivity index (χ3n) is 13.6. The van der Waals surface area contributed by atoms with E-state index < -0.39 is 6.10 Å². The van der Waals surface area contributed by atoms with Crippen molar-refractivity contribution < 1.29 is 28.6 Å². The molecule has 0 amide bonds. The van der Waals surface area contributed by atoms with Gasteiger partial charge >= 0.3 is 17.9 Å². The van der Waals surface area contributed by atoms with E-state index in [4.69, 9.17) is 14.2 Å². The van der Waals surface area contributed by atoms with Gasteiger partial charge < -0.3 is 14.2 Å². The van der Waals surface area contributed by atoms with E-state index in [9.17, 15) is 14.4 Å². The average Bonchev–Trinajstić information content (AvgIpc) is 3.40. The number of unbranched alkanes of at least 4 members (excludes halogenated alkanes) is 32. The molecule has 0 aliphatic rings. The molecule has 6 heteroatoms. The summed E-state index contributed by atoms with van der Waals surface area (Å²) >= 11 is 0. The minimum atomic E-state index is -0.798. The number of hydrogen-bond acceptors (Lipinski definition) is 6. The summed E-state index contributed by atoms with van der Waals surface area (Å²) in [5, 5.41) is 0. The Labute approximate surface area is 458 Å². The van der Waals surface area contributed by atoms with Gasteiger partial charge in [-0.2, -0.15) is 0 Å². The quantitative estimate of drug-likeness (QED) is 0.0261. The number of carbonyl (C=O) groups excluding carboxylic acids is 3. The molecule has 0 radical (unpaired) electrons. The molecular formula is C68H118O6. The lowest BCUT2D eigenvalue weighted by Gasteiger charge is -2.18. The first-order valence-corrected chi connectivity index (χ1v) is 31.6. The van der Waals surface area contributed by atoms with Crippen molar-refractivity contribution in [2.75, 3.05) is 13.2 Å². The van der Waals surface area contributed by atoms with Crippen LogP contribution in [0, 0.1) is 0 Å². The first-order chi connectivity index (χ1) is 36.5. The molecule has 1 atom stereocenters. The van der Waals surface area contributed by atoms with Gasteiger partial charge in [0.05, 0.1) is 0 Å². The lowest BCUT2D eigenvalue weighted by Crippen LogP contribution is -2.30. The first-order valence-electron chi connectivity index (χ1n) is 31.6. The SMILES string of the molecule is CC/C=C\C/C=C\C/C=C\C/C=C\CCCCC(=O)OCC(COC(=O)CCCCCCCCCCCCC/C=C\C/C=C\CCCCCCC)OC(=O)CCCCCCCCC/C=C\CCCCCCCCC. The number of carbonyl (C=O) groups is 3. The maximum Gasteiger partial charge on any atom is 0.306 e. The normalized spacial score (nSPS) is 12.6. The van der Waals surface area contributed by atoms with Crippen LogP contribution in [0.3, 0.4) is 0 Å². The molecule has 0 N–H and O–H groups in total. The Balaban J connectivity index is 4.38. The number of hydrogen-bond donors (Lipinski definition) is 0. The zero-order chi connectivity index (χ0) is 53.6. The zero-order valence-electron chi connectivity index (χ0n) is 48.8. The van der Waals surface area contributed by atoms with Crippen LogP contribution in [-0.4, -0.2) is 37.2 Å². The Hall–Kier alpha value is -3.41. The van der Waals surface area contributed by atoms with Crippen molar-refractivity contribution in [3.63, 3.8) is 0 Å². The van der Waals surface area contributed by atoms with Crippen LogP contribution in [0.2, 0.25) is 0 Å².